The number of nitrogens with zero attached hydrogens (tertiary/aromatic N) is 1. The number of carbonyl (C=O) groups is 1. The minimum atomic E-state index is 0.117. The average Bonchev–Trinajstić information content (AvgIpc) is 2.79. The lowest BCUT2D eigenvalue weighted by Crippen LogP contribution is -2.25. The highest BCUT2D eigenvalue weighted by Gasteiger charge is 2.11. The molecule has 0 atom stereocenters. The number of aryl methyl sites for hydroxylation is 1. The van der Waals surface area contributed by atoms with E-state index in [1.165, 1.54) is 22.5 Å². The predicted molar refractivity (Wildman–Crippen MR) is 81.2 cm³/mol. The van der Waals surface area contributed by atoms with Gasteiger partial charge in [-0.15, -0.1) is 11.3 Å². The standard InChI is InChI=1S/C15H16ClNOS/c1-11-3-5-12(6-4-11)9-17(2)10-13(18)14-7-8-15(16)19-14/h3-8H,9-10H2,1-2H3. The van der Waals surface area contributed by atoms with E-state index < -0.39 is 0 Å². The van der Waals surface area contributed by atoms with Crippen LogP contribution >= 0.6 is 22.9 Å². The molecule has 0 aliphatic heterocycles. The SMILES string of the molecule is Cc1ccc(CN(C)CC(=O)c2ccc(Cl)s2)cc1. The Morgan fingerprint density at radius 1 is 1.21 bits per heavy atom. The van der Waals surface area contributed by atoms with Gasteiger partial charge < -0.3 is 0 Å². The predicted octanol–water partition coefficient (Wildman–Crippen LogP) is 4.02. The second-order valence-electron chi connectivity index (χ2n) is 4.68. The number of rotatable bonds is 5. The third kappa shape index (κ3) is 4.16. The number of likely N-dealkylation sites (N-methyl/N-ethyl adjacent to an activating group) is 1. The summed E-state index contributed by atoms with van der Waals surface area (Å²) in [6.45, 7) is 3.24. The number of halogens is 1. The Bertz CT molecular complexity index is 562. The summed E-state index contributed by atoms with van der Waals surface area (Å²) >= 11 is 7.17. The van der Waals surface area contributed by atoms with Gasteiger partial charge in [-0.25, -0.2) is 0 Å². The smallest absolute Gasteiger partial charge is 0.186 e. The Morgan fingerprint density at radius 3 is 2.47 bits per heavy atom. The van der Waals surface area contributed by atoms with Crippen molar-refractivity contribution in [3.8, 4) is 0 Å². The second-order valence-corrected chi connectivity index (χ2v) is 6.40. The quantitative estimate of drug-likeness (QED) is 0.776. The molecular formula is C15H16ClNOS. The molecule has 2 nitrogen and oxygen atoms in total. The van der Waals surface area contributed by atoms with Gasteiger partial charge in [0.1, 0.15) is 0 Å². The van der Waals surface area contributed by atoms with E-state index in [1.54, 1.807) is 12.1 Å². The first-order valence-electron chi connectivity index (χ1n) is 6.07. The summed E-state index contributed by atoms with van der Waals surface area (Å²) in [6, 6.07) is 11.9. The summed E-state index contributed by atoms with van der Waals surface area (Å²) in [5.41, 5.74) is 2.46. The highest BCUT2D eigenvalue weighted by Crippen LogP contribution is 2.22. The molecule has 0 N–H and O–H groups in total. The van der Waals surface area contributed by atoms with Crippen LogP contribution in [0.4, 0.5) is 0 Å². The summed E-state index contributed by atoms with van der Waals surface area (Å²) < 4.78 is 0.657. The van der Waals surface area contributed by atoms with E-state index >= 15 is 0 Å². The molecule has 2 aromatic rings. The van der Waals surface area contributed by atoms with Gasteiger partial charge in [-0.3, -0.25) is 9.69 Å². The van der Waals surface area contributed by atoms with Crippen molar-refractivity contribution < 1.29 is 4.79 Å². The fourth-order valence-corrected chi connectivity index (χ4v) is 2.82. The summed E-state index contributed by atoms with van der Waals surface area (Å²) in [7, 11) is 1.95. The zero-order chi connectivity index (χ0) is 13.8. The number of Topliss-reactive ketones (excluding diaryl/α,β-unsaturated/α-hetero) is 1. The van der Waals surface area contributed by atoms with Crippen molar-refractivity contribution in [2.45, 2.75) is 13.5 Å². The normalized spacial score (nSPS) is 10.9. The van der Waals surface area contributed by atoms with Gasteiger partial charge in [-0.05, 0) is 31.7 Å². The molecular weight excluding hydrogens is 278 g/mol. The minimum absolute atomic E-state index is 0.117. The molecule has 0 amide bonds. The van der Waals surface area contributed by atoms with E-state index in [4.69, 9.17) is 11.6 Å². The van der Waals surface area contributed by atoms with Crippen LogP contribution in [-0.2, 0) is 6.54 Å². The van der Waals surface area contributed by atoms with Gasteiger partial charge in [-0.2, -0.15) is 0 Å². The van der Waals surface area contributed by atoms with Crippen LogP contribution in [0.15, 0.2) is 36.4 Å². The number of hydrogen-bond donors (Lipinski definition) is 0. The monoisotopic (exact) mass is 293 g/mol. The van der Waals surface area contributed by atoms with E-state index in [1.807, 2.05) is 11.9 Å². The molecule has 0 aliphatic carbocycles. The van der Waals surface area contributed by atoms with Gasteiger partial charge in [0.2, 0.25) is 0 Å². The van der Waals surface area contributed by atoms with Crippen molar-refractivity contribution in [2.75, 3.05) is 13.6 Å². The molecule has 0 fully saturated rings. The topological polar surface area (TPSA) is 20.3 Å². The molecule has 4 heteroatoms. The maximum absolute atomic E-state index is 12.0. The van der Waals surface area contributed by atoms with Gasteiger partial charge in [0.15, 0.2) is 5.78 Å². The average molecular weight is 294 g/mol. The Balaban J connectivity index is 1.92. The first-order chi connectivity index (χ1) is 9.04. The molecule has 1 aromatic carbocycles. The zero-order valence-corrected chi connectivity index (χ0v) is 12.6. The van der Waals surface area contributed by atoms with E-state index in [9.17, 15) is 4.79 Å². The van der Waals surface area contributed by atoms with Crippen LogP contribution in [0.2, 0.25) is 4.34 Å². The molecule has 0 aliphatic rings. The van der Waals surface area contributed by atoms with Gasteiger partial charge in [-0.1, -0.05) is 41.4 Å². The van der Waals surface area contributed by atoms with Crippen LogP contribution < -0.4 is 0 Å². The molecule has 0 spiro atoms. The van der Waals surface area contributed by atoms with Crippen molar-refractivity contribution in [2.24, 2.45) is 0 Å². The third-order valence-electron chi connectivity index (χ3n) is 2.83. The lowest BCUT2D eigenvalue weighted by Gasteiger charge is -2.15. The van der Waals surface area contributed by atoms with E-state index in [2.05, 4.69) is 31.2 Å². The molecule has 0 radical (unpaired) electrons. The van der Waals surface area contributed by atoms with Crippen LogP contribution in [0.1, 0.15) is 20.8 Å². The molecule has 19 heavy (non-hydrogen) atoms. The van der Waals surface area contributed by atoms with Gasteiger partial charge >= 0.3 is 0 Å². The summed E-state index contributed by atoms with van der Waals surface area (Å²) in [5.74, 6) is 0.117. The first kappa shape index (κ1) is 14.3. The number of thiophene rings is 1. The van der Waals surface area contributed by atoms with Gasteiger partial charge in [0, 0.05) is 6.54 Å². The lowest BCUT2D eigenvalue weighted by molar-refractivity contribution is 0.0947. The number of carbonyl (C=O) groups excluding carboxylic acids is 1. The molecule has 1 heterocycles. The van der Waals surface area contributed by atoms with Gasteiger partial charge in [0.25, 0.3) is 0 Å². The van der Waals surface area contributed by atoms with Crippen molar-refractivity contribution in [3.63, 3.8) is 0 Å². The Kier molecular flexibility index (Phi) is 4.75. The van der Waals surface area contributed by atoms with Crippen molar-refractivity contribution in [3.05, 3.63) is 56.7 Å². The number of benzene rings is 1. The Labute approximate surface area is 122 Å². The zero-order valence-electron chi connectivity index (χ0n) is 11.0. The van der Waals surface area contributed by atoms with Crippen LogP contribution in [-0.4, -0.2) is 24.3 Å². The Morgan fingerprint density at radius 2 is 1.89 bits per heavy atom. The van der Waals surface area contributed by atoms with Crippen LogP contribution in [0.3, 0.4) is 0 Å². The fraction of sp³-hybridized carbons (Fsp3) is 0.267. The van der Waals surface area contributed by atoms with Crippen molar-refractivity contribution >= 4 is 28.7 Å². The highest BCUT2D eigenvalue weighted by atomic mass is 35.5. The summed E-state index contributed by atoms with van der Waals surface area (Å²) in [6.07, 6.45) is 0. The summed E-state index contributed by atoms with van der Waals surface area (Å²) in [4.78, 5) is 14.8. The van der Waals surface area contributed by atoms with Crippen LogP contribution in [0.25, 0.3) is 0 Å². The molecule has 100 valence electrons. The largest absolute Gasteiger partial charge is 0.295 e. The molecule has 0 saturated heterocycles. The summed E-state index contributed by atoms with van der Waals surface area (Å²) in [5, 5.41) is 0. The lowest BCUT2D eigenvalue weighted by atomic mass is 10.1. The molecule has 0 saturated carbocycles. The highest BCUT2D eigenvalue weighted by molar-refractivity contribution is 7.18. The fourth-order valence-electron chi connectivity index (χ4n) is 1.85. The van der Waals surface area contributed by atoms with E-state index in [0.717, 1.165) is 11.4 Å². The molecule has 0 bridgehead atoms. The third-order valence-corrected chi connectivity index (χ3v) is 4.11. The second kappa shape index (κ2) is 6.33. The Hall–Kier alpha value is -1.16. The number of hydrogen-bond acceptors (Lipinski definition) is 3. The molecule has 1 aromatic heterocycles. The van der Waals surface area contributed by atoms with Gasteiger partial charge in [0.05, 0.1) is 15.8 Å². The minimum Gasteiger partial charge on any atom is -0.295 e. The number of ketones is 1. The van der Waals surface area contributed by atoms with Crippen LogP contribution in [0.5, 0.6) is 0 Å². The van der Waals surface area contributed by atoms with Crippen molar-refractivity contribution in [1.29, 1.82) is 0 Å². The van der Waals surface area contributed by atoms with E-state index in [0.29, 0.717) is 10.9 Å². The first-order valence-corrected chi connectivity index (χ1v) is 7.26. The molecule has 0 unspecified atom stereocenters. The maximum atomic E-state index is 12.0. The van der Waals surface area contributed by atoms with E-state index in [-0.39, 0.29) is 5.78 Å². The van der Waals surface area contributed by atoms with Crippen LogP contribution in [0, 0.1) is 6.92 Å². The van der Waals surface area contributed by atoms with Crippen molar-refractivity contribution in [1.82, 2.24) is 4.90 Å². The molecule has 2 rings (SSSR count). The maximum Gasteiger partial charge on any atom is 0.186 e.